The van der Waals surface area contributed by atoms with Gasteiger partial charge in [0.05, 0.1) is 11.7 Å². The minimum Gasteiger partial charge on any atom is -0.481 e. The summed E-state index contributed by atoms with van der Waals surface area (Å²) in [5, 5.41) is 11.9. The van der Waals surface area contributed by atoms with E-state index in [1.807, 2.05) is 12.1 Å². The summed E-state index contributed by atoms with van der Waals surface area (Å²) in [5.41, 5.74) is 1.29. The molecule has 0 aliphatic heterocycles. The maximum absolute atomic E-state index is 11.9. The Morgan fingerprint density at radius 3 is 2.50 bits per heavy atom. The van der Waals surface area contributed by atoms with Crippen molar-refractivity contribution in [2.24, 2.45) is 5.92 Å². The largest absolute Gasteiger partial charge is 0.481 e. The Bertz CT molecular complexity index is 527. The smallest absolute Gasteiger partial charge is 0.306 e. The van der Waals surface area contributed by atoms with E-state index >= 15 is 0 Å². The third kappa shape index (κ3) is 4.77. The molecule has 5 heteroatoms. The van der Waals surface area contributed by atoms with Crippen molar-refractivity contribution in [1.29, 1.82) is 0 Å². The van der Waals surface area contributed by atoms with Gasteiger partial charge in [-0.05, 0) is 42.9 Å². The lowest BCUT2D eigenvalue weighted by Gasteiger charge is -2.12. The first-order valence-corrected chi connectivity index (χ1v) is 8.69. The third-order valence-electron chi connectivity index (χ3n) is 4.06. The molecular formula is C17H23NO3S. The number of benzene rings is 1. The molecule has 1 saturated carbocycles. The van der Waals surface area contributed by atoms with Gasteiger partial charge < -0.3 is 10.4 Å². The molecule has 1 aliphatic rings. The fraction of sp³-hybridized carbons (Fsp3) is 0.529. The van der Waals surface area contributed by atoms with Gasteiger partial charge in [0.2, 0.25) is 5.91 Å². The number of carboxylic acid groups (broad SMARTS) is 1. The first-order chi connectivity index (χ1) is 10.5. The zero-order valence-electron chi connectivity index (χ0n) is 13.0. The Morgan fingerprint density at radius 1 is 1.27 bits per heavy atom. The van der Waals surface area contributed by atoms with Gasteiger partial charge in [0.25, 0.3) is 0 Å². The normalized spacial score (nSPS) is 21.0. The third-order valence-corrected chi connectivity index (χ3v) is 5.08. The van der Waals surface area contributed by atoms with Gasteiger partial charge >= 0.3 is 5.97 Å². The van der Waals surface area contributed by atoms with Crippen LogP contribution >= 0.6 is 11.8 Å². The fourth-order valence-electron chi connectivity index (χ4n) is 2.70. The van der Waals surface area contributed by atoms with Gasteiger partial charge in [-0.1, -0.05) is 26.0 Å². The maximum Gasteiger partial charge on any atom is 0.306 e. The van der Waals surface area contributed by atoms with Crippen LogP contribution in [0.1, 0.15) is 44.6 Å². The number of hydrogen-bond acceptors (Lipinski definition) is 3. The molecule has 0 bridgehead atoms. The van der Waals surface area contributed by atoms with E-state index in [-0.39, 0.29) is 17.9 Å². The average Bonchev–Trinajstić information content (AvgIpc) is 2.94. The summed E-state index contributed by atoms with van der Waals surface area (Å²) in [6.45, 7) is 4.31. The Kier molecular flexibility index (Phi) is 5.89. The molecular weight excluding hydrogens is 298 g/mol. The molecule has 4 nitrogen and oxygen atoms in total. The summed E-state index contributed by atoms with van der Waals surface area (Å²) < 4.78 is 0. The summed E-state index contributed by atoms with van der Waals surface area (Å²) in [5.74, 6) is -0.200. The molecule has 120 valence electrons. The van der Waals surface area contributed by atoms with Crippen molar-refractivity contribution >= 4 is 23.6 Å². The summed E-state index contributed by atoms with van der Waals surface area (Å²) in [4.78, 5) is 23.9. The number of amides is 1. The molecule has 1 aromatic rings. The van der Waals surface area contributed by atoms with E-state index in [1.165, 1.54) is 17.3 Å². The van der Waals surface area contributed by atoms with Gasteiger partial charge in [0.1, 0.15) is 0 Å². The van der Waals surface area contributed by atoms with Crippen molar-refractivity contribution < 1.29 is 14.7 Å². The second-order valence-corrected chi connectivity index (χ2v) is 7.17. The highest BCUT2D eigenvalue weighted by Crippen LogP contribution is 2.26. The van der Waals surface area contributed by atoms with Gasteiger partial charge in [0, 0.05) is 10.9 Å². The molecule has 0 aromatic heterocycles. The van der Waals surface area contributed by atoms with Gasteiger partial charge in [0.15, 0.2) is 0 Å². The molecule has 1 aromatic carbocycles. The van der Waals surface area contributed by atoms with Crippen molar-refractivity contribution in [2.45, 2.75) is 50.0 Å². The van der Waals surface area contributed by atoms with E-state index < -0.39 is 5.97 Å². The fourth-order valence-corrected chi connectivity index (χ4v) is 3.41. The predicted molar refractivity (Wildman–Crippen MR) is 88.2 cm³/mol. The van der Waals surface area contributed by atoms with Crippen LogP contribution in [-0.4, -0.2) is 28.8 Å². The highest BCUT2D eigenvalue weighted by molar-refractivity contribution is 8.00. The number of nitrogens with one attached hydrogen (secondary N) is 1. The highest BCUT2D eigenvalue weighted by Gasteiger charge is 2.30. The Morgan fingerprint density at radius 2 is 1.95 bits per heavy atom. The molecule has 1 aliphatic carbocycles. The van der Waals surface area contributed by atoms with Crippen molar-refractivity contribution in [1.82, 2.24) is 5.32 Å². The molecule has 2 rings (SSSR count). The SMILES string of the molecule is CC(C)c1ccc(SCC(=O)N[C@@H]2CC[C@H](C(=O)O)C2)cc1. The zero-order valence-corrected chi connectivity index (χ0v) is 13.9. The number of carboxylic acids is 1. The maximum atomic E-state index is 11.9. The van der Waals surface area contributed by atoms with Crippen LogP contribution in [0.3, 0.4) is 0 Å². The predicted octanol–water partition coefficient (Wildman–Crippen LogP) is 3.27. The van der Waals surface area contributed by atoms with Crippen LogP contribution in [0.5, 0.6) is 0 Å². The van der Waals surface area contributed by atoms with Crippen LogP contribution in [0.25, 0.3) is 0 Å². The molecule has 0 unspecified atom stereocenters. The number of carbonyl (C=O) groups is 2. The molecule has 2 N–H and O–H groups in total. The van der Waals surface area contributed by atoms with Crippen LogP contribution in [0, 0.1) is 5.92 Å². The lowest BCUT2D eigenvalue weighted by molar-refractivity contribution is -0.141. The first kappa shape index (κ1) is 16.9. The summed E-state index contributed by atoms with van der Waals surface area (Å²) in [6, 6.07) is 8.29. The first-order valence-electron chi connectivity index (χ1n) is 7.70. The lowest BCUT2D eigenvalue weighted by atomic mass is 10.0. The van der Waals surface area contributed by atoms with Gasteiger partial charge in [-0.2, -0.15) is 0 Å². The van der Waals surface area contributed by atoms with Gasteiger partial charge in [-0.3, -0.25) is 9.59 Å². The van der Waals surface area contributed by atoms with Crippen LogP contribution in [0.15, 0.2) is 29.2 Å². The molecule has 0 spiro atoms. The van der Waals surface area contributed by atoms with Gasteiger partial charge in [-0.25, -0.2) is 0 Å². The molecule has 1 fully saturated rings. The quantitative estimate of drug-likeness (QED) is 0.789. The number of aliphatic carboxylic acids is 1. The average molecular weight is 321 g/mol. The zero-order chi connectivity index (χ0) is 16.1. The molecule has 0 radical (unpaired) electrons. The number of hydrogen-bond donors (Lipinski definition) is 2. The van der Waals surface area contributed by atoms with E-state index in [0.29, 0.717) is 24.5 Å². The standard InChI is InChI=1S/C17H23NO3S/c1-11(2)12-4-7-15(8-5-12)22-10-16(19)18-14-6-3-13(9-14)17(20)21/h4-5,7-8,11,13-14H,3,6,9-10H2,1-2H3,(H,18,19)(H,20,21)/t13-,14+/m0/s1. The van der Waals surface area contributed by atoms with Crippen molar-refractivity contribution in [2.75, 3.05) is 5.75 Å². The molecule has 2 atom stereocenters. The number of thioether (sulfide) groups is 1. The monoisotopic (exact) mass is 321 g/mol. The number of carbonyl (C=O) groups excluding carboxylic acids is 1. The summed E-state index contributed by atoms with van der Waals surface area (Å²) >= 11 is 1.51. The number of rotatable bonds is 6. The van der Waals surface area contributed by atoms with E-state index in [0.717, 1.165) is 11.3 Å². The minimum atomic E-state index is -0.753. The van der Waals surface area contributed by atoms with E-state index in [4.69, 9.17) is 5.11 Å². The molecule has 1 amide bonds. The van der Waals surface area contributed by atoms with Crippen LogP contribution in [0.2, 0.25) is 0 Å². The second-order valence-electron chi connectivity index (χ2n) is 6.13. The van der Waals surface area contributed by atoms with Crippen molar-refractivity contribution in [3.63, 3.8) is 0 Å². The summed E-state index contributed by atoms with van der Waals surface area (Å²) in [7, 11) is 0. The topological polar surface area (TPSA) is 66.4 Å². The van der Waals surface area contributed by atoms with Gasteiger partial charge in [-0.15, -0.1) is 11.8 Å². The van der Waals surface area contributed by atoms with Crippen LogP contribution in [-0.2, 0) is 9.59 Å². The Labute approximate surface area is 135 Å². The molecule has 0 saturated heterocycles. The Hall–Kier alpha value is -1.49. The van der Waals surface area contributed by atoms with Crippen LogP contribution < -0.4 is 5.32 Å². The van der Waals surface area contributed by atoms with Crippen molar-refractivity contribution in [3.8, 4) is 0 Å². The minimum absolute atomic E-state index is 0.0116. The van der Waals surface area contributed by atoms with E-state index in [2.05, 4.69) is 31.3 Å². The molecule has 22 heavy (non-hydrogen) atoms. The van der Waals surface area contributed by atoms with E-state index in [1.54, 1.807) is 0 Å². The molecule has 0 heterocycles. The van der Waals surface area contributed by atoms with E-state index in [9.17, 15) is 9.59 Å². The van der Waals surface area contributed by atoms with Crippen LogP contribution in [0.4, 0.5) is 0 Å². The van der Waals surface area contributed by atoms with Crippen molar-refractivity contribution in [3.05, 3.63) is 29.8 Å². The summed E-state index contributed by atoms with van der Waals surface area (Å²) in [6.07, 6.45) is 1.97. The second kappa shape index (κ2) is 7.68. The lowest BCUT2D eigenvalue weighted by Crippen LogP contribution is -2.34. The highest BCUT2D eigenvalue weighted by atomic mass is 32.2. The Balaban J connectivity index is 1.75.